The van der Waals surface area contributed by atoms with Crippen molar-refractivity contribution in [3.63, 3.8) is 0 Å². The van der Waals surface area contributed by atoms with E-state index in [1.165, 1.54) is 19.3 Å². The minimum absolute atomic E-state index is 0.0859. The number of rotatable bonds is 9. The van der Waals surface area contributed by atoms with Crippen LogP contribution in [-0.4, -0.2) is 15.0 Å². The Balaban J connectivity index is 1.69. The first-order valence-corrected chi connectivity index (χ1v) is 10.3. The summed E-state index contributed by atoms with van der Waals surface area (Å²) in [6.45, 7) is 4.09. The summed E-state index contributed by atoms with van der Waals surface area (Å²) in [6.07, 6.45) is 12.2. The lowest BCUT2D eigenvalue weighted by Crippen LogP contribution is -2.00. The molecule has 152 valence electrons. The van der Waals surface area contributed by atoms with E-state index in [0.717, 1.165) is 36.1 Å². The van der Waals surface area contributed by atoms with Crippen molar-refractivity contribution in [2.45, 2.75) is 58.8 Å². The lowest BCUT2D eigenvalue weighted by molar-refractivity contribution is 0.496. The Morgan fingerprint density at radius 2 is 1.41 bits per heavy atom. The van der Waals surface area contributed by atoms with Gasteiger partial charge >= 0.3 is 0 Å². The molecule has 3 aromatic rings. The first kappa shape index (κ1) is 21.0. The Morgan fingerprint density at radius 1 is 0.724 bits per heavy atom. The Hall–Kier alpha value is -2.69. The van der Waals surface area contributed by atoms with Gasteiger partial charge in [-0.1, -0.05) is 51.2 Å². The van der Waals surface area contributed by atoms with Crippen LogP contribution in [0.2, 0.25) is 0 Å². The van der Waals surface area contributed by atoms with Gasteiger partial charge in [0.1, 0.15) is 0 Å². The minimum atomic E-state index is -0.877. The van der Waals surface area contributed by atoms with Crippen LogP contribution >= 0.6 is 0 Å². The number of unbranched alkanes of at least 4 members (excludes halogenated alkanes) is 5. The second-order valence-electron chi connectivity index (χ2n) is 7.40. The SMILES string of the molecule is CCCCCCCCc1ccc(-c2ncc(-c3ccc(C)nc3)cn2)c(F)c1F. The zero-order valence-corrected chi connectivity index (χ0v) is 17.1. The van der Waals surface area contributed by atoms with E-state index in [1.54, 1.807) is 30.7 Å². The summed E-state index contributed by atoms with van der Waals surface area (Å²) in [6, 6.07) is 7.06. The largest absolute Gasteiger partial charge is 0.261 e. The maximum atomic E-state index is 14.6. The number of nitrogens with zero attached hydrogens (tertiary/aromatic N) is 3. The third kappa shape index (κ3) is 5.43. The van der Waals surface area contributed by atoms with E-state index < -0.39 is 11.6 Å². The summed E-state index contributed by atoms with van der Waals surface area (Å²) in [7, 11) is 0. The molecule has 0 saturated carbocycles. The van der Waals surface area contributed by atoms with Gasteiger partial charge in [-0.2, -0.15) is 0 Å². The molecule has 1 aromatic carbocycles. The Kier molecular flexibility index (Phi) is 7.39. The van der Waals surface area contributed by atoms with Crippen molar-refractivity contribution in [1.29, 1.82) is 0 Å². The lowest BCUT2D eigenvalue weighted by atomic mass is 10.0. The maximum absolute atomic E-state index is 14.6. The van der Waals surface area contributed by atoms with E-state index >= 15 is 0 Å². The average Bonchev–Trinajstić information content (AvgIpc) is 2.74. The van der Waals surface area contributed by atoms with Crippen LogP contribution < -0.4 is 0 Å². The monoisotopic (exact) mass is 395 g/mol. The van der Waals surface area contributed by atoms with Gasteiger partial charge in [0.25, 0.3) is 0 Å². The molecular formula is C24H27F2N3. The van der Waals surface area contributed by atoms with Crippen molar-refractivity contribution in [3.05, 3.63) is 65.7 Å². The molecule has 0 aliphatic carbocycles. The van der Waals surface area contributed by atoms with Gasteiger partial charge in [0.05, 0.1) is 5.56 Å². The van der Waals surface area contributed by atoms with Crippen LogP contribution in [0.25, 0.3) is 22.5 Å². The van der Waals surface area contributed by atoms with E-state index in [4.69, 9.17) is 0 Å². The van der Waals surface area contributed by atoms with Crippen LogP contribution in [0.4, 0.5) is 8.78 Å². The number of halogens is 2. The van der Waals surface area contributed by atoms with Crippen molar-refractivity contribution in [2.24, 2.45) is 0 Å². The topological polar surface area (TPSA) is 38.7 Å². The van der Waals surface area contributed by atoms with Gasteiger partial charge in [-0.25, -0.2) is 18.7 Å². The number of aryl methyl sites for hydroxylation is 2. The van der Waals surface area contributed by atoms with Crippen molar-refractivity contribution in [3.8, 4) is 22.5 Å². The molecule has 0 aliphatic rings. The fraction of sp³-hybridized carbons (Fsp3) is 0.375. The van der Waals surface area contributed by atoms with Crippen molar-refractivity contribution >= 4 is 0 Å². The average molecular weight is 395 g/mol. The van der Waals surface area contributed by atoms with E-state index in [1.807, 2.05) is 19.1 Å². The molecule has 0 unspecified atom stereocenters. The number of pyridine rings is 1. The predicted molar refractivity (Wildman–Crippen MR) is 112 cm³/mol. The van der Waals surface area contributed by atoms with E-state index in [9.17, 15) is 8.78 Å². The highest BCUT2D eigenvalue weighted by atomic mass is 19.2. The summed E-state index contributed by atoms with van der Waals surface area (Å²) >= 11 is 0. The fourth-order valence-electron chi connectivity index (χ4n) is 3.31. The zero-order valence-electron chi connectivity index (χ0n) is 17.1. The summed E-state index contributed by atoms with van der Waals surface area (Å²) in [5, 5.41) is 0. The van der Waals surface area contributed by atoms with Gasteiger partial charge in [0, 0.05) is 35.4 Å². The predicted octanol–water partition coefficient (Wildman–Crippen LogP) is 6.70. The second kappa shape index (κ2) is 10.2. The molecule has 0 atom stereocenters. The first-order valence-electron chi connectivity index (χ1n) is 10.3. The highest BCUT2D eigenvalue weighted by molar-refractivity contribution is 5.63. The third-order valence-electron chi connectivity index (χ3n) is 5.10. The molecule has 0 amide bonds. The van der Waals surface area contributed by atoms with E-state index in [-0.39, 0.29) is 11.4 Å². The quantitative estimate of drug-likeness (QED) is 0.379. The Bertz CT molecular complexity index is 922. The Labute approximate surface area is 171 Å². The van der Waals surface area contributed by atoms with Gasteiger partial charge in [0.15, 0.2) is 17.5 Å². The molecule has 29 heavy (non-hydrogen) atoms. The maximum Gasteiger partial charge on any atom is 0.170 e. The van der Waals surface area contributed by atoms with E-state index in [2.05, 4.69) is 21.9 Å². The van der Waals surface area contributed by atoms with Gasteiger partial charge < -0.3 is 0 Å². The molecule has 0 fully saturated rings. The number of aromatic nitrogens is 3. The van der Waals surface area contributed by atoms with Crippen molar-refractivity contribution < 1.29 is 8.78 Å². The zero-order chi connectivity index (χ0) is 20.6. The molecule has 3 nitrogen and oxygen atoms in total. The molecule has 0 N–H and O–H groups in total. The first-order chi connectivity index (χ1) is 14.1. The van der Waals surface area contributed by atoms with Crippen LogP contribution in [0.5, 0.6) is 0 Å². The fourth-order valence-corrected chi connectivity index (χ4v) is 3.31. The lowest BCUT2D eigenvalue weighted by Gasteiger charge is -2.09. The van der Waals surface area contributed by atoms with Crippen LogP contribution in [0.1, 0.15) is 56.7 Å². The summed E-state index contributed by atoms with van der Waals surface area (Å²) in [5.41, 5.74) is 3.08. The number of hydrogen-bond acceptors (Lipinski definition) is 3. The molecule has 0 saturated heterocycles. The number of hydrogen-bond donors (Lipinski definition) is 0. The molecule has 0 bridgehead atoms. The molecular weight excluding hydrogens is 368 g/mol. The molecule has 0 radical (unpaired) electrons. The molecule has 2 aromatic heterocycles. The summed E-state index contributed by atoms with van der Waals surface area (Å²) in [4.78, 5) is 12.7. The third-order valence-corrected chi connectivity index (χ3v) is 5.10. The van der Waals surface area contributed by atoms with Crippen LogP contribution in [-0.2, 0) is 6.42 Å². The normalized spacial score (nSPS) is 11.0. The second-order valence-corrected chi connectivity index (χ2v) is 7.40. The standard InChI is InChI=1S/C24H27F2N3/c1-3-4-5-6-7-8-9-18-12-13-21(23(26)22(18)25)24-28-15-20(16-29-24)19-11-10-17(2)27-14-19/h10-16H,3-9H2,1-2H3. The van der Waals surface area contributed by atoms with Gasteiger partial charge in [0.2, 0.25) is 0 Å². The van der Waals surface area contributed by atoms with Gasteiger partial charge in [-0.05, 0) is 37.5 Å². The van der Waals surface area contributed by atoms with Crippen molar-refractivity contribution in [1.82, 2.24) is 15.0 Å². The van der Waals surface area contributed by atoms with Gasteiger partial charge in [-0.15, -0.1) is 0 Å². The van der Waals surface area contributed by atoms with E-state index in [0.29, 0.717) is 12.0 Å². The summed E-state index contributed by atoms with van der Waals surface area (Å²) < 4.78 is 29.1. The molecule has 3 rings (SSSR count). The van der Waals surface area contributed by atoms with Crippen LogP contribution in [0, 0.1) is 18.6 Å². The van der Waals surface area contributed by atoms with Gasteiger partial charge in [-0.3, -0.25) is 4.98 Å². The smallest absolute Gasteiger partial charge is 0.170 e. The number of benzene rings is 1. The minimum Gasteiger partial charge on any atom is -0.261 e. The Morgan fingerprint density at radius 3 is 2.10 bits per heavy atom. The molecule has 5 heteroatoms. The van der Waals surface area contributed by atoms with Crippen molar-refractivity contribution in [2.75, 3.05) is 0 Å². The molecule has 0 spiro atoms. The highest BCUT2D eigenvalue weighted by Crippen LogP contribution is 2.26. The highest BCUT2D eigenvalue weighted by Gasteiger charge is 2.16. The summed E-state index contributed by atoms with van der Waals surface area (Å²) in [5.74, 6) is -1.49. The molecule has 2 heterocycles. The van der Waals surface area contributed by atoms with Crippen LogP contribution in [0.3, 0.4) is 0 Å². The molecule has 0 aliphatic heterocycles. The van der Waals surface area contributed by atoms with Crippen LogP contribution in [0.15, 0.2) is 42.9 Å².